The second-order valence-corrected chi connectivity index (χ2v) is 3.65. The predicted molar refractivity (Wildman–Crippen MR) is 61.1 cm³/mol. The Hall–Kier alpha value is -1.49. The van der Waals surface area contributed by atoms with Gasteiger partial charge in [-0.1, -0.05) is 6.07 Å². The van der Waals surface area contributed by atoms with E-state index in [0.717, 1.165) is 23.8 Å². The van der Waals surface area contributed by atoms with Crippen LogP contribution in [0.2, 0.25) is 0 Å². The van der Waals surface area contributed by atoms with E-state index < -0.39 is 0 Å². The minimum Gasteiger partial charge on any atom is -0.299 e. The third-order valence-corrected chi connectivity index (χ3v) is 2.50. The second-order valence-electron chi connectivity index (χ2n) is 3.26. The molecule has 0 aromatic carbocycles. The molecular formula is C10H12N4S. The molecule has 0 fully saturated rings. The lowest BCUT2D eigenvalue weighted by molar-refractivity contribution is 0.753. The van der Waals surface area contributed by atoms with Crippen molar-refractivity contribution >= 4 is 12.2 Å². The summed E-state index contributed by atoms with van der Waals surface area (Å²) in [6.07, 6.45) is 0. The molecule has 0 aliphatic rings. The van der Waals surface area contributed by atoms with Gasteiger partial charge in [0.2, 0.25) is 0 Å². The smallest absolute Gasteiger partial charge is 0.195 e. The number of nitrogens with one attached hydrogen (secondary N) is 1. The number of hydrogen-bond donors (Lipinski definition) is 1. The fourth-order valence-electron chi connectivity index (χ4n) is 1.47. The number of pyridine rings is 1. The molecule has 2 rings (SSSR count). The van der Waals surface area contributed by atoms with E-state index in [1.165, 1.54) is 0 Å². The molecule has 0 atom stereocenters. The topological polar surface area (TPSA) is 46.5 Å². The Morgan fingerprint density at radius 3 is 2.93 bits per heavy atom. The molecule has 0 unspecified atom stereocenters. The molecule has 0 radical (unpaired) electrons. The van der Waals surface area contributed by atoms with Crippen molar-refractivity contribution in [3.8, 4) is 11.5 Å². The van der Waals surface area contributed by atoms with E-state index in [1.54, 1.807) is 0 Å². The summed E-state index contributed by atoms with van der Waals surface area (Å²) in [5.41, 5.74) is 1.83. The van der Waals surface area contributed by atoms with Crippen LogP contribution >= 0.6 is 12.2 Å². The first-order valence-corrected chi connectivity index (χ1v) is 5.22. The van der Waals surface area contributed by atoms with Crippen molar-refractivity contribution in [3.05, 3.63) is 28.7 Å². The van der Waals surface area contributed by atoms with Gasteiger partial charge in [-0.05, 0) is 38.2 Å². The highest BCUT2D eigenvalue weighted by Crippen LogP contribution is 2.14. The van der Waals surface area contributed by atoms with Crippen molar-refractivity contribution < 1.29 is 0 Å². The number of nitrogens with zero attached hydrogens (tertiary/aromatic N) is 3. The standard InChI is InChI=1S/C10H12N4S/c1-3-14-9(12-13-10(14)15)8-6-4-5-7(2)11-8/h4-6H,3H2,1-2H3,(H,13,15). The summed E-state index contributed by atoms with van der Waals surface area (Å²) in [6.45, 7) is 4.78. The minimum atomic E-state index is 0.635. The maximum absolute atomic E-state index is 5.12. The van der Waals surface area contributed by atoms with Gasteiger partial charge in [0.1, 0.15) is 5.69 Å². The fourth-order valence-corrected chi connectivity index (χ4v) is 1.74. The van der Waals surface area contributed by atoms with Crippen LogP contribution in [-0.2, 0) is 6.54 Å². The van der Waals surface area contributed by atoms with Gasteiger partial charge in [-0.3, -0.25) is 9.67 Å². The number of aryl methyl sites for hydroxylation is 1. The van der Waals surface area contributed by atoms with Crippen LogP contribution in [0.3, 0.4) is 0 Å². The van der Waals surface area contributed by atoms with E-state index in [9.17, 15) is 0 Å². The predicted octanol–water partition coefficient (Wildman–Crippen LogP) is 2.33. The summed E-state index contributed by atoms with van der Waals surface area (Å²) < 4.78 is 2.56. The molecule has 0 saturated carbocycles. The Morgan fingerprint density at radius 1 is 1.47 bits per heavy atom. The lowest BCUT2D eigenvalue weighted by atomic mass is 10.3. The highest BCUT2D eigenvalue weighted by Gasteiger charge is 2.08. The van der Waals surface area contributed by atoms with Gasteiger partial charge in [-0.25, -0.2) is 4.98 Å². The monoisotopic (exact) mass is 220 g/mol. The van der Waals surface area contributed by atoms with Gasteiger partial charge < -0.3 is 0 Å². The number of aromatic nitrogens is 4. The van der Waals surface area contributed by atoms with Crippen LogP contribution in [0, 0.1) is 11.7 Å². The largest absolute Gasteiger partial charge is 0.299 e. The molecule has 5 heteroatoms. The van der Waals surface area contributed by atoms with Crippen LogP contribution < -0.4 is 0 Å². The van der Waals surface area contributed by atoms with Crippen LogP contribution in [0.1, 0.15) is 12.6 Å². The second kappa shape index (κ2) is 3.94. The van der Waals surface area contributed by atoms with Crippen molar-refractivity contribution in [1.82, 2.24) is 19.7 Å². The zero-order valence-corrected chi connectivity index (χ0v) is 9.51. The zero-order chi connectivity index (χ0) is 10.8. The van der Waals surface area contributed by atoms with Crippen molar-refractivity contribution in [2.24, 2.45) is 0 Å². The first-order valence-electron chi connectivity index (χ1n) is 4.81. The van der Waals surface area contributed by atoms with Gasteiger partial charge in [0.15, 0.2) is 10.6 Å². The van der Waals surface area contributed by atoms with E-state index in [-0.39, 0.29) is 0 Å². The summed E-state index contributed by atoms with van der Waals surface area (Å²) in [5.74, 6) is 0.797. The molecule has 0 aliphatic heterocycles. The molecule has 4 nitrogen and oxygen atoms in total. The van der Waals surface area contributed by atoms with Gasteiger partial charge in [0, 0.05) is 12.2 Å². The summed E-state index contributed by atoms with van der Waals surface area (Å²) in [4.78, 5) is 4.42. The average molecular weight is 220 g/mol. The van der Waals surface area contributed by atoms with E-state index >= 15 is 0 Å². The number of H-pyrrole nitrogens is 1. The number of aromatic amines is 1. The van der Waals surface area contributed by atoms with E-state index in [2.05, 4.69) is 15.2 Å². The van der Waals surface area contributed by atoms with Crippen LogP contribution in [0.15, 0.2) is 18.2 Å². The van der Waals surface area contributed by atoms with Crippen molar-refractivity contribution in [2.75, 3.05) is 0 Å². The molecule has 2 aromatic rings. The fraction of sp³-hybridized carbons (Fsp3) is 0.300. The molecule has 2 heterocycles. The Labute approximate surface area is 93.0 Å². The SMILES string of the molecule is CCn1c(-c2cccc(C)n2)n[nH]c1=S. The van der Waals surface area contributed by atoms with E-state index in [0.29, 0.717) is 4.77 Å². The van der Waals surface area contributed by atoms with Gasteiger partial charge in [-0.2, -0.15) is 5.10 Å². The molecule has 78 valence electrons. The van der Waals surface area contributed by atoms with Crippen LogP contribution in [0.4, 0.5) is 0 Å². The van der Waals surface area contributed by atoms with Crippen molar-refractivity contribution in [3.63, 3.8) is 0 Å². The molecular weight excluding hydrogens is 208 g/mol. The third kappa shape index (κ3) is 1.83. The molecule has 0 saturated heterocycles. The van der Waals surface area contributed by atoms with E-state index in [4.69, 9.17) is 12.2 Å². The third-order valence-electron chi connectivity index (χ3n) is 2.19. The molecule has 1 N–H and O–H groups in total. The molecule has 0 aliphatic carbocycles. The summed E-state index contributed by atoms with van der Waals surface area (Å²) in [5, 5.41) is 6.96. The first-order chi connectivity index (χ1) is 7.22. The molecule has 0 spiro atoms. The Balaban J connectivity index is 2.59. The van der Waals surface area contributed by atoms with E-state index in [1.807, 2.05) is 36.6 Å². The van der Waals surface area contributed by atoms with Crippen molar-refractivity contribution in [2.45, 2.75) is 20.4 Å². The highest BCUT2D eigenvalue weighted by molar-refractivity contribution is 7.71. The molecule has 2 aromatic heterocycles. The highest BCUT2D eigenvalue weighted by atomic mass is 32.1. The molecule has 0 amide bonds. The molecule has 15 heavy (non-hydrogen) atoms. The van der Waals surface area contributed by atoms with Gasteiger partial charge in [-0.15, -0.1) is 0 Å². The van der Waals surface area contributed by atoms with Crippen LogP contribution in [-0.4, -0.2) is 19.7 Å². The van der Waals surface area contributed by atoms with Gasteiger partial charge in [0.05, 0.1) is 0 Å². The normalized spacial score (nSPS) is 10.5. The average Bonchev–Trinajstić information content (AvgIpc) is 2.59. The van der Waals surface area contributed by atoms with Crippen molar-refractivity contribution in [1.29, 1.82) is 0 Å². The van der Waals surface area contributed by atoms with Crippen LogP contribution in [0.25, 0.3) is 11.5 Å². The summed E-state index contributed by atoms with van der Waals surface area (Å²) in [7, 11) is 0. The Morgan fingerprint density at radius 2 is 2.27 bits per heavy atom. The zero-order valence-electron chi connectivity index (χ0n) is 8.69. The first kappa shape index (κ1) is 10.0. The lowest BCUT2D eigenvalue weighted by Crippen LogP contribution is -1.99. The number of rotatable bonds is 2. The lowest BCUT2D eigenvalue weighted by Gasteiger charge is -2.02. The maximum atomic E-state index is 5.12. The molecule has 0 bridgehead atoms. The number of hydrogen-bond acceptors (Lipinski definition) is 3. The quantitative estimate of drug-likeness (QED) is 0.790. The Kier molecular flexibility index (Phi) is 2.64. The minimum absolute atomic E-state index is 0.635. The Bertz CT molecular complexity index is 526. The van der Waals surface area contributed by atoms with Gasteiger partial charge in [0.25, 0.3) is 0 Å². The summed E-state index contributed by atoms with van der Waals surface area (Å²) >= 11 is 5.12. The summed E-state index contributed by atoms with van der Waals surface area (Å²) in [6, 6.07) is 5.86. The van der Waals surface area contributed by atoms with Crippen LogP contribution in [0.5, 0.6) is 0 Å². The maximum Gasteiger partial charge on any atom is 0.195 e. The van der Waals surface area contributed by atoms with Gasteiger partial charge >= 0.3 is 0 Å².